The summed E-state index contributed by atoms with van der Waals surface area (Å²) in [6, 6.07) is 24.4. The Kier molecular flexibility index (Phi) is 11.3. The Morgan fingerprint density at radius 3 is 2.27 bits per heavy atom. The lowest BCUT2D eigenvalue weighted by Crippen LogP contribution is -2.30. The van der Waals surface area contributed by atoms with E-state index in [9.17, 15) is 27.6 Å². The molecule has 0 aromatic heterocycles. The number of hydrogen-bond acceptors (Lipinski definition) is 4. The fraction of sp³-hybridized carbons (Fsp3) is 0.121. The van der Waals surface area contributed by atoms with Gasteiger partial charge in [0.1, 0.15) is 5.70 Å². The summed E-state index contributed by atoms with van der Waals surface area (Å²) in [5.74, 6) is -1.77. The molecule has 0 fully saturated rings. The van der Waals surface area contributed by atoms with Crippen molar-refractivity contribution in [1.29, 1.82) is 0 Å². The number of carbonyl (C=O) groups excluding carboxylic acids is 3. The van der Waals surface area contributed by atoms with Gasteiger partial charge in [-0.3, -0.25) is 14.4 Å². The molecule has 12 heteroatoms. The van der Waals surface area contributed by atoms with E-state index in [4.69, 9.17) is 23.2 Å². The number of rotatable bonds is 10. The van der Waals surface area contributed by atoms with Crippen LogP contribution in [0.2, 0.25) is 10.0 Å². The second-order valence-corrected chi connectivity index (χ2v) is 11.7. The van der Waals surface area contributed by atoms with E-state index in [0.717, 1.165) is 17.8 Å². The molecule has 0 radical (unpaired) electrons. The van der Waals surface area contributed by atoms with Crippen LogP contribution in [-0.4, -0.2) is 23.0 Å². The SMILES string of the molecule is CCC(Sc1cccc(NC(=O)/C(=C\c2ccc(Cl)cc2Cl)NC(=O)c2ccccc2)c1)C(=O)Nc1ccccc1C(F)(F)F. The minimum atomic E-state index is -4.63. The van der Waals surface area contributed by atoms with Crippen LogP contribution in [0.15, 0.2) is 108 Å². The Balaban J connectivity index is 1.53. The number of nitrogens with one attached hydrogen (secondary N) is 3. The Morgan fingerprint density at radius 1 is 0.867 bits per heavy atom. The maximum atomic E-state index is 13.5. The van der Waals surface area contributed by atoms with Gasteiger partial charge in [0.05, 0.1) is 16.5 Å². The largest absolute Gasteiger partial charge is 0.418 e. The number of halogens is 5. The zero-order valence-corrected chi connectivity index (χ0v) is 26.0. The molecule has 4 aromatic carbocycles. The molecule has 0 saturated carbocycles. The van der Waals surface area contributed by atoms with Crippen molar-refractivity contribution in [3.63, 3.8) is 0 Å². The molecule has 3 N–H and O–H groups in total. The number of anilines is 2. The van der Waals surface area contributed by atoms with Crippen LogP contribution in [0.4, 0.5) is 24.5 Å². The molecule has 6 nitrogen and oxygen atoms in total. The van der Waals surface area contributed by atoms with Crippen LogP contribution >= 0.6 is 35.0 Å². The van der Waals surface area contributed by atoms with Crippen molar-refractivity contribution >= 4 is 70.1 Å². The summed E-state index contributed by atoms with van der Waals surface area (Å²) >= 11 is 13.5. The van der Waals surface area contributed by atoms with Gasteiger partial charge >= 0.3 is 6.18 Å². The predicted molar refractivity (Wildman–Crippen MR) is 173 cm³/mol. The molecule has 0 aliphatic carbocycles. The third-order valence-electron chi connectivity index (χ3n) is 6.31. The highest BCUT2D eigenvalue weighted by Gasteiger charge is 2.34. The number of para-hydroxylation sites is 1. The van der Waals surface area contributed by atoms with Crippen LogP contribution in [-0.2, 0) is 15.8 Å². The summed E-state index contributed by atoms with van der Waals surface area (Å²) in [6.07, 6.45) is -2.89. The van der Waals surface area contributed by atoms with Crippen molar-refractivity contribution in [2.75, 3.05) is 10.6 Å². The average Bonchev–Trinajstić information content (AvgIpc) is 3.01. The van der Waals surface area contributed by atoms with Crippen molar-refractivity contribution in [2.45, 2.75) is 29.7 Å². The number of benzene rings is 4. The standard InChI is InChI=1S/C33H26Cl2F3N3O3S/c1-2-29(32(44)40-27-14-7-6-13-25(27)33(36,37)38)45-24-12-8-11-23(19-24)39-31(43)28(17-21-15-16-22(34)18-26(21)35)41-30(42)20-9-4-3-5-10-20/h3-19,29H,2H2,1H3,(H,39,43)(H,40,44)(H,41,42)/b28-17+. The van der Waals surface area contributed by atoms with Crippen LogP contribution in [0.5, 0.6) is 0 Å². The molecule has 0 heterocycles. The van der Waals surface area contributed by atoms with Crippen LogP contribution in [0, 0.1) is 0 Å². The first-order valence-electron chi connectivity index (χ1n) is 13.5. The Morgan fingerprint density at radius 2 is 1.58 bits per heavy atom. The highest BCUT2D eigenvalue weighted by Crippen LogP contribution is 2.35. The molecule has 1 atom stereocenters. The smallest absolute Gasteiger partial charge is 0.325 e. The molecule has 0 aliphatic rings. The number of carbonyl (C=O) groups is 3. The summed E-state index contributed by atoms with van der Waals surface area (Å²) in [4.78, 5) is 39.9. The van der Waals surface area contributed by atoms with Crippen LogP contribution in [0.1, 0.15) is 34.8 Å². The first-order valence-corrected chi connectivity index (χ1v) is 15.2. The van der Waals surface area contributed by atoms with Crippen molar-refractivity contribution in [3.8, 4) is 0 Å². The van der Waals surface area contributed by atoms with E-state index in [1.165, 1.54) is 30.3 Å². The van der Waals surface area contributed by atoms with E-state index in [-0.39, 0.29) is 16.4 Å². The van der Waals surface area contributed by atoms with Crippen molar-refractivity contribution in [3.05, 3.63) is 129 Å². The second kappa shape index (κ2) is 15.2. The topological polar surface area (TPSA) is 87.3 Å². The van der Waals surface area contributed by atoms with Crippen molar-refractivity contribution < 1.29 is 27.6 Å². The predicted octanol–water partition coefficient (Wildman–Crippen LogP) is 8.93. The van der Waals surface area contributed by atoms with E-state index in [2.05, 4.69) is 16.0 Å². The van der Waals surface area contributed by atoms with Crippen molar-refractivity contribution in [1.82, 2.24) is 5.32 Å². The normalized spacial score (nSPS) is 12.3. The third kappa shape index (κ3) is 9.37. The zero-order valence-electron chi connectivity index (χ0n) is 23.6. The molecule has 0 aliphatic heterocycles. The van der Waals surface area contributed by atoms with E-state index >= 15 is 0 Å². The summed E-state index contributed by atoms with van der Waals surface area (Å²) in [7, 11) is 0. The number of alkyl halides is 3. The molecule has 3 amide bonds. The first-order chi connectivity index (χ1) is 21.4. The molecule has 45 heavy (non-hydrogen) atoms. The van der Waals surface area contributed by atoms with Gasteiger partial charge in [0.2, 0.25) is 5.91 Å². The molecular weight excluding hydrogens is 646 g/mol. The van der Waals surface area contributed by atoms with Crippen LogP contribution in [0.25, 0.3) is 6.08 Å². The van der Waals surface area contributed by atoms with Gasteiger partial charge in [-0.15, -0.1) is 11.8 Å². The monoisotopic (exact) mass is 671 g/mol. The number of thioether (sulfide) groups is 1. The number of hydrogen-bond donors (Lipinski definition) is 3. The van der Waals surface area contributed by atoms with E-state index in [1.807, 2.05) is 0 Å². The second-order valence-electron chi connectivity index (χ2n) is 9.57. The summed E-state index contributed by atoms with van der Waals surface area (Å²) in [6.45, 7) is 1.74. The Labute approximate surface area is 272 Å². The molecule has 232 valence electrons. The van der Waals surface area contributed by atoms with Crippen LogP contribution in [0.3, 0.4) is 0 Å². The summed E-state index contributed by atoms with van der Waals surface area (Å²) < 4.78 is 40.3. The third-order valence-corrected chi connectivity index (χ3v) is 8.24. The maximum Gasteiger partial charge on any atom is 0.418 e. The molecule has 0 spiro atoms. The minimum absolute atomic E-state index is 0.0970. The van der Waals surface area contributed by atoms with Gasteiger partial charge in [-0.25, -0.2) is 0 Å². The minimum Gasteiger partial charge on any atom is -0.325 e. The van der Waals surface area contributed by atoms with Crippen molar-refractivity contribution in [2.24, 2.45) is 0 Å². The summed E-state index contributed by atoms with van der Waals surface area (Å²) in [5, 5.41) is 7.71. The molecular formula is C33H26Cl2F3N3O3S. The fourth-order valence-electron chi connectivity index (χ4n) is 4.10. The van der Waals surface area contributed by atoms with Gasteiger partial charge in [0.25, 0.3) is 11.8 Å². The first kappa shape index (κ1) is 33.6. The highest BCUT2D eigenvalue weighted by molar-refractivity contribution is 8.00. The zero-order chi connectivity index (χ0) is 32.6. The van der Waals surface area contributed by atoms with E-state index in [1.54, 1.807) is 73.7 Å². The molecule has 0 bridgehead atoms. The van der Waals surface area contributed by atoms with E-state index < -0.39 is 34.7 Å². The Hall–Kier alpha value is -4.25. The fourth-order valence-corrected chi connectivity index (χ4v) is 5.58. The quantitative estimate of drug-likeness (QED) is 0.116. The lowest BCUT2D eigenvalue weighted by molar-refractivity contribution is -0.137. The van der Waals surface area contributed by atoms with Gasteiger partial charge in [-0.2, -0.15) is 13.2 Å². The molecule has 4 aromatic rings. The highest BCUT2D eigenvalue weighted by atomic mass is 35.5. The van der Waals surface area contributed by atoms with E-state index in [0.29, 0.717) is 33.2 Å². The lowest BCUT2D eigenvalue weighted by Gasteiger charge is -2.18. The van der Waals surface area contributed by atoms with Gasteiger partial charge in [-0.05, 0) is 72.7 Å². The van der Waals surface area contributed by atoms with Gasteiger partial charge < -0.3 is 16.0 Å². The van der Waals surface area contributed by atoms with Gasteiger partial charge in [-0.1, -0.05) is 72.6 Å². The van der Waals surface area contributed by atoms with Crippen LogP contribution < -0.4 is 16.0 Å². The molecule has 4 rings (SSSR count). The number of amides is 3. The maximum absolute atomic E-state index is 13.5. The molecule has 1 unspecified atom stereocenters. The summed E-state index contributed by atoms with van der Waals surface area (Å²) in [5.41, 5.74) is -0.241. The average molecular weight is 673 g/mol. The lowest BCUT2D eigenvalue weighted by atomic mass is 10.1. The van der Waals surface area contributed by atoms with Gasteiger partial charge in [0, 0.05) is 26.2 Å². The van der Waals surface area contributed by atoms with Gasteiger partial charge in [0.15, 0.2) is 0 Å². The molecule has 0 saturated heterocycles. The Bertz CT molecular complexity index is 1730.